The van der Waals surface area contributed by atoms with Crippen LogP contribution in [0.4, 0.5) is 4.39 Å². The van der Waals surface area contributed by atoms with Crippen LogP contribution in [-0.4, -0.2) is 5.78 Å². The molecule has 0 aliphatic heterocycles. The fourth-order valence-electron chi connectivity index (χ4n) is 2.28. The number of hydrogen-bond acceptors (Lipinski definition) is 1. The minimum Gasteiger partial charge on any atom is -0.300 e. The molecule has 1 aromatic carbocycles. The summed E-state index contributed by atoms with van der Waals surface area (Å²) in [6.45, 7) is 5.46. The highest BCUT2D eigenvalue weighted by atomic mass is 19.1. The van der Waals surface area contributed by atoms with Crippen LogP contribution in [0.15, 0.2) is 18.2 Å². The van der Waals surface area contributed by atoms with E-state index in [-0.39, 0.29) is 22.9 Å². The average molecular weight is 206 g/mol. The van der Waals surface area contributed by atoms with Crippen molar-refractivity contribution in [1.29, 1.82) is 0 Å². The minimum absolute atomic E-state index is 0.0513. The van der Waals surface area contributed by atoms with Crippen molar-refractivity contribution >= 4 is 5.78 Å². The molecule has 1 fully saturated rings. The number of aryl methyl sites for hydroxylation is 1. The monoisotopic (exact) mass is 206 g/mol. The Balaban J connectivity index is 2.32. The van der Waals surface area contributed by atoms with Gasteiger partial charge in [-0.05, 0) is 37.5 Å². The molecule has 80 valence electrons. The lowest BCUT2D eigenvalue weighted by Crippen LogP contribution is -2.09. The highest BCUT2D eigenvalue weighted by molar-refractivity contribution is 5.83. The summed E-state index contributed by atoms with van der Waals surface area (Å²) in [6, 6.07) is 5.15. The molecule has 1 nitrogen and oxygen atoms in total. The smallest absolute Gasteiger partial charge is 0.133 e. The first kappa shape index (κ1) is 10.3. The predicted octanol–water partition coefficient (Wildman–Crippen LogP) is 3.00. The number of rotatable bonds is 2. The first-order chi connectivity index (χ1) is 6.95. The van der Waals surface area contributed by atoms with Gasteiger partial charge >= 0.3 is 0 Å². The summed E-state index contributed by atoms with van der Waals surface area (Å²) >= 11 is 0. The van der Waals surface area contributed by atoms with Crippen LogP contribution in [0.25, 0.3) is 0 Å². The topological polar surface area (TPSA) is 17.1 Å². The van der Waals surface area contributed by atoms with Crippen molar-refractivity contribution in [3.8, 4) is 0 Å². The van der Waals surface area contributed by atoms with E-state index in [0.29, 0.717) is 5.56 Å². The molecule has 0 aromatic heterocycles. The van der Waals surface area contributed by atoms with E-state index in [1.165, 1.54) is 6.07 Å². The molecular weight excluding hydrogens is 191 g/mol. The van der Waals surface area contributed by atoms with Crippen molar-refractivity contribution in [1.82, 2.24) is 0 Å². The van der Waals surface area contributed by atoms with E-state index >= 15 is 0 Å². The molecule has 2 heteroatoms. The molecule has 0 radical (unpaired) electrons. The summed E-state index contributed by atoms with van der Waals surface area (Å²) in [7, 11) is 0. The second-order valence-electron chi connectivity index (χ2n) is 4.75. The normalized spacial score (nSPS) is 28.9. The van der Waals surface area contributed by atoms with Crippen LogP contribution < -0.4 is 0 Å². The molecule has 1 aliphatic carbocycles. The summed E-state index contributed by atoms with van der Waals surface area (Å²) in [6.07, 6.45) is 0.896. The summed E-state index contributed by atoms with van der Waals surface area (Å²) in [4.78, 5) is 11.3. The van der Waals surface area contributed by atoms with Crippen LogP contribution in [0, 0.1) is 18.7 Å². The predicted molar refractivity (Wildman–Crippen MR) is 57.3 cm³/mol. The number of carbonyl (C=O) groups excluding carboxylic acids is 1. The van der Waals surface area contributed by atoms with Crippen LogP contribution in [0.2, 0.25) is 0 Å². The molecule has 15 heavy (non-hydrogen) atoms. The Kier molecular flexibility index (Phi) is 2.18. The van der Waals surface area contributed by atoms with Gasteiger partial charge in [-0.2, -0.15) is 0 Å². The fourth-order valence-corrected chi connectivity index (χ4v) is 2.28. The Bertz CT molecular complexity index is 425. The maximum Gasteiger partial charge on any atom is 0.133 e. The first-order valence-electron chi connectivity index (χ1n) is 5.22. The Morgan fingerprint density at radius 1 is 1.53 bits per heavy atom. The largest absolute Gasteiger partial charge is 0.300 e. The van der Waals surface area contributed by atoms with Gasteiger partial charge in [0.2, 0.25) is 0 Å². The number of ketones is 1. The standard InChI is InChI=1S/C13H15FO/c1-8-6-10(4-5-12(8)14)13(3)7-11(13)9(2)15/h4-6,11H,7H2,1-3H3. The molecule has 0 bridgehead atoms. The van der Waals surface area contributed by atoms with Gasteiger partial charge in [0.1, 0.15) is 11.6 Å². The van der Waals surface area contributed by atoms with Crippen molar-refractivity contribution < 1.29 is 9.18 Å². The number of Topliss-reactive ketones (excluding diaryl/α,β-unsaturated/α-hetero) is 1. The van der Waals surface area contributed by atoms with Crippen LogP contribution >= 0.6 is 0 Å². The zero-order chi connectivity index (χ0) is 11.2. The molecule has 0 amide bonds. The molecule has 0 heterocycles. The third kappa shape index (κ3) is 1.58. The molecule has 1 aliphatic rings. The summed E-state index contributed by atoms with van der Waals surface area (Å²) in [5, 5.41) is 0. The quantitative estimate of drug-likeness (QED) is 0.727. The number of carbonyl (C=O) groups is 1. The van der Waals surface area contributed by atoms with Gasteiger partial charge in [0.15, 0.2) is 0 Å². The molecule has 2 rings (SSSR count). The van der Waals surface area contributed by atoms with E-state index in [4.69, 9.17) is 0 Å². The summed E-state index contributed by atoms with van der Waals surface area (Å²) in [5.41, 5.74) is 1.69. The summed E-state index contributed by atoms with van der Waals surface area (Å²) in [5.74, 6) is 0.184. The van der Waals surface area contributed by atoms with Gasteiger partial charge < -0.3 is 0 Å². The van der Waals surface area contributed by atoms with E-state index in [2.05, 4.69) is 6.92 Å². The van der Waals surface area contributed by atoms with Crippen LogP contribution in [0.1, 0.15) is 31.4 Å². The van der Waals surface area contributed by atoms with Gasteiger partial charge in [-0.3, -0.25) is 4.79 Å². The van der Waals surface area contributed by atoms with Crippen LogP contribution in [0.5, 0.6) is 0 Å². The lowest BCUT2D eigenvalue weighted by molar-refractivity contribution is -0.118. The zero-order valence-electron chi connectivity index (χ0n) is 9.30. The van der Waals surface area contributed by atoms with Crippen molar-refractivity contribution in [2.24, 2.45) is 5.92 Å². The highest BCUT2D eigenvalue weighted by Gasteiger charge is 2.53. The average Bonchev–Trinajstić information content (AvgIpc) is 2.84. The van der Waals surface area contributed by atoms with E-state index in [1.807, 2.05) is 6.07 Å². The number of hydrogen-bond donors (Lipinski definition) is 0. The Labute approximate surface area is 89.3 Å². The van der Waals surface area contributed by atoms with Crippen molar-refractivity contribution in [2.45, 2.75) is 32.6 Å². The second kappa shape index (κ2) is 3.16. The Morgan fingerprint density at radius 2 is 2.20 bits per heavy atom. The fraction of sp³-hybridized carbons (Fsp3) is 0.462. The maximum atomic E-state index is 13.1. The third-order valence-corrected chi connectivity index (χ3v) is 3.55. The molecule has 1 saturated carbocycles. The molecular formula is C13H15FO. The lowest BCUT2D eigenvalue weighted by atomic mass is 9.93. The van der Waals surface area contributed by atoms with Gasteiger partial charge in [0, 0.05) is 11.3 Å². The van der Waals surface area contributed by atoms with Crippen molar-refractivity contribution in [3.05, 3.63) is 35.1 Å². The van der Waals surface area contributed by atoms with Gasteiger partial charge in [-0.15, -0.1) is 0 Å². The molecule has 2 atom stereocenters. The number of halogens is 1. The SMILES string of the molecule is CC(=O)C1CC1(C)c1ccc(F)c(C)c1. The van der Waals surface area contributed by atoms with Gasteiger partial charge in [-0.25, -0.2) is 4.39 Å². The molecule has 0 saturated heterocycles. The summed E-state index contributed by atoms with van der Waals surface area (Å²) < 4.78 is 13.1. The Hall–Kier alpha value is -1.18. The Morgan fingerprint density at radius 3 is 2.67 bits per heavy atom. The zero-order valence-corrected chi connectivity index (χ0v) is 9.30. The second-order valence-corrected chi connectivity index (χ2v) is 4.75. The molecule has 2 unspecified atom stereocenters. The van der Waals surface area contributed by atoms with Gasteiger partial charge in [0.25, 0.3) is 0 Å². The molecule has 0 spiro atoms. The molecule has 1 aromatic rings. The van der Waals surface area contributed by atoms with E-state index in [0.717, 1.165) is 12.0 Å². The maximum absolute atomic E-state index is 13.1. The van der Waals surface area contributed by atoms with Gasteiger partial charge in [-0.1, -0.05) is 19.1 Å². The van der Waals surface area contributed by atoms with Crippen LogP contribution in [-0.2, 0) is 10.2 Å². The van der Waals surface area contributed by atoms with E-state index in [1.54, 1.807) is 19.9 Å². The lowest BCUT2D eigenvalue weighted by Gasteiger charge is -2.11. The minimum atomic E-state index is -0.178. The molecule has 0 N–H and O–H groups in total. The first-order valence-corrected chi connectivity index (χ1v) is 5.22. The number of benzene rings is 1. The van der Waals surface area contributed by atoms with Gasteiger partial charge in [0.05, 0.1) is 0 Å². The van der Waals surface area contributed by atoms with Crippen molar-refractivity contribution in [2.75, 3.05) is 0 Å². The van der Waals surface area contributed by atoms with Crippen LogP contribution in [0.3, 0.4) is 0 Å². The third-order valence-electron chi connectivity index (χ3n) is 3.55. The van der Waals surface area contributed by atoms with Crippen molar-refractivity contribution in [3.63, 3.8) is 0 Å². The van der Waals surface area contributed by atoms with E-state index < -0.39 is 0 Å². The highest BCUT2D eigenvalue weighted by Crippen LogP contribution is 2.54. The van der Waals surface area contributed by atoms with E-state index in [9.17, 15) is 9.18 Å².